The lowest BCUT2D eigenvalue weighted by Gasteiger charge is -2.03. The van der Waals surface area contributed by atoms with Crippen molar-refractivity contribution in [2.24, 2.45) is 0 Å². The molecule has 1 amide bonds. The number of hydrogen-bond acceptors (Lipinski definition) is 6. The van der Waals surface area contributed by atoms with Gasteiger partial charge in [-0.2, -0.15) is 0 Å². The number of carboxylic acids is 1. The molecule has 0 aliphatic heterocycles. The summed E-state index contributed by atoms with van der Waals surface area (Å²) in [7, 11) is 1.43. The summed E-state index contributed by atoms with van der Waals surface area (Å²) in [5.74, 6) is -2.18. The second-order valence-electron chi connectivity index (χ2n) is 4.67. The number of nitrogens with one attached hydrogen (secondary N) is 1. The first-order valence-corrected chi connectivity index (χ1v) is 7.44. The van der Waals surface area contributed by atoms with Gasteiger partial charge in [-0.1, -0.05) is 11.3 Å². The number of rotatable bonds is 4. The fourth-order valence-corrected chi connectivity index (χ4v) is 2.91. The van der Waals surface area contributed by atoms with Gasteiger partial charge < -0.3 is 9.84 Å². The summed E-state index contributed by atoms with van der Waals surface area (Å²) in [6, 6.07) is 5.15. The van der Waals surface area contributed by atoms with Gasteiger partial charge in [0.15, 0.2) is 10.9 Å². The molecule has 2 N–H and O–H groups in total. The van der Waals surface area contributed by atoms with Gasteiger partial charge in [0.2, 0.25) is 5.88 Å². The van der Waals surface area contributed by atoms with Gasteiger partial charge in [0, 0.05) is 17.8 Å². The fourth-order valence-electron chi connectivity index (χ4n) is 2.00. The van der Waals surface area contributed by atoms with E-state index in [0.717, 1.165) is 17.4 Å². The molecule has 0 bridgehead atoms. The molecule has 0 unspecified atom stereocenters. The first kappa shape index (κ1) is 15.8. The number of nitrogens with zero attached hydrogens (tertiary/aromatic N) is 2. The van der Waals surface area contributed by atoms with Crippen molar-refractivity contribution in [2.75, 3.05) is 12.4 Å². The third-order valence-corrected chi connectivity index (χ3v) is 4.04. The summed E-state index contributed by atoms with van der Waals surface area (Å²) in [5, 5.41) is 11.7. The number of benzene rings is 1. The maximum Gasteiger partial charge on any atom is 0.335 e. The number of fused-ring (bicyclic) bond motifs is 1. The molecule has 24 heavy (non-hydrogen) atoms. The van der Waals surface area contributed by atoms with Crippen molar-refractivity contribution in [1.29, 1.82) is 0 Å². The van der Waals surface area contributed by atoms with Gasteiger partial charge in [-0.25, -0.2) is 19.2 Å². The monoisotopic (exact) mass is 347 g/mol. The van der Waals surface area contributed by atoms with Crippen LogP contribution in [0, 0.1) is 5.82 Å². The number of thiazole rings is 1. The minimum atomic E-state index is -1.24. The Morgan fingerprint density at radius 2 is 2.08 bits per heavy atom. The Labute approximate surface area is 138 Å². The lowest BCUT2D eigenvalue weighted by molar-refractivity contribution is 0.0696. The van der Waals surface area contributed by atoms with Crippen LogP contribution < -0.4 is 10.1 Å². The van der Waals surface area contributed by atoms with E-state index in [1.807, 2.05) is 0 Å². The highest BCUT2D eigenvalue weighted by Gasteiger charge is 2.15. The van der Waals surface area contributed by atoms with E-state index in [0.29, 0.717) is 10.3 Å². The van der Waals surface area contributed by atoms with Crippen molar-refractivity contribution >= 4 is 38.6 Å². The highest BCUT2D eigenvalue weighted by atomic mass is 32.1. The van der Waals surface area contributed by atoms with Crippen LogP contribution in [-0.4, -0.2) is 34.1 Å². The normalized spacial score (nSPS) is 10.6. The zero-order valence-corrected chi connectivity index (χ0v) is 13.1. The molecule has 7 nitrogen and oxygen atoms in total. The van der Waals surface area contributed by atoms with Gasteiger partial charge in [-0.3, -0.25) is 10.1 Å². The number of carbonyl (C=O) groups excluding carboxylic acids is 1. The second-order valence-corrected chi connectivity index (χ2v) is 5.70. The van der Waals surface area contributed by atoms with Crippen molar-refractivity contribution in [3.63, 3.8) is 0 Å². The molecule has 3 rings (SSSR count). The molecule has 0 spiro atoms. The molecule has 0 fully saturated rings. The molecule has 0 saturated heterocycles. The average Bonchev–Trinajstić information content (AvgIpc) is 2.97. The topological polar surface area (TPSA) is 101 Å². The number of anilines is 1. The minimum absolute atomic E-state index is 0.00705. The molecular weight excluding hydrogens is 337 g/mol. The summed E-state index contributed by atoms with van der Waals surface area (Å²) in [5.41, 5.74) is 0.126. The van der Waals surface area contributed by atoms with Crippen LogP contribution in [0.15, 0.2) is 30.5 Å². The first-order chi connectivity index (χ1) is 11.5. The molecule has 0 saturated carbocycles. The van der Waals surface area contributed by atoms with E-state index < -0.39 is 17.7 Å². The van der Waals surface area contributed by atoms with Crippen molar-refractivity contribution in [1.82, 2.24) is 9.97 Å². The van der Waals surface area contributed by atoms with Crippen molar-refractivity contribution in [3.05, 3.63) is 47.4 Å². The van der Waals surface area contributed by atoms with E-state index in [1.54, 1.807) is 0 Å². The van der Waals surface area contributed by atoms with Crippen molar-refractivity contribution in [3.8, 4) is 5.88 Å². The van der Waals surface area contributed by atoms with E-state index in [1.165, 1.54) is 31.5 Å². The number of pyridine rings is 1. The van der Waals surface area contributed by atoms with Gasteiger partial charge >= 0.3 is 5.97 Å². The van der Waals surface area contributed by atoms with Crippen molar-refractivity contribution in [2.45, 2.75) is 0 Å². The predicted octanol–water partition coefficient (Wildman–Crippen LogP) is 2.79. The van der Waals surface area contributed by atoms with Gasteiger partial charge in [0.05, 0.1) is 17.4 Å². The molecule has 0 aliphatic carbocycles. The van der Waals surface area contributed by atoms with Crippen LogP contribution in [0.5, 0.6) is 5.88 Å². The van der Waals surface area contributed by atoms with E-state index >= 15 is 0 Å². The lowest BCUT2D eigenvalue weighted by atomic mass is 10.2. The zero-order chi connectivity index (χ0) is 17.3. The van der Waals surface area contributed by atoms with Crippen LogP contribution in [0.25, 0.3) is 10.2 Å². The number of amides is 1. The summed E-state index contributed by atoms with van der Waals surface area (Å²) in [4.78, 5) is 31.1. The molecule has 1 aromatic carbocycles. The van der Waals surface area contributed by atoms with Gasteiger partial charge in [0.1, 0.15) is 5.52 Å². The molecule has 2 heterocycles. The van der Waals surface area contributed by atoms with E-state index in [9.17, 15) is 14.0 Å². The molecule has 0 aliphatic rings. The first-order valence-electron chi connectivity index (χ1n) is 6.62. The summed E-state index contributed by atoms with van der Waals surface area (Å²) >= 11 is 0.983. The molecule has 3 aromatic rings. The van der Waals surface area contributed by atoms with Crippen LogP contribution in [-0.2, 0) is 0 Å². The van der Waals surface area contributed by atoms with Crippen LogP contribution in [0.3, 0.4) is 0 Å². The number of hydrogen-bond donors (Lipinski definition) is 2. The third kappa shape index (κ3) is 3.01. The Balaban J connectivity index is 1.91. The lowest BCUT2D eigenvalue weighted by Crippen LogP contribution is -2.11. The quantitative estimate of drug-likeness (QED) is 0.752. The predicted molar refractivity (Wildman–Crippen MR) is 85.3 cm³/mol. The number of aromatic carboxylic acids is 1. The smallest absolute Gasteiger partial charge is 0.335 e. The SMILES string of the molecule is COc1cc(C(=O)Nc2nc3c(F)cc(C(=O)O)cc3s2)ccn1. The Bertz CT molecular complexity index is 957. The molecule has 2 aromatic heterocycles. The molecular formula is C15H10FN3O4S. The zero-order valence-electron chi connectivity index (χ0n) is 12.2. The third-order valence-electron chi connectivity index (χ3n) is 3.12. The van der Waals surface area contributed by atoms with Gasteiger partial charge in [-0.05, 0) is 18.2 Å². The number of methoxy groups -OCH3 is 1. The highest BCUT2D eigenvalue weighted by Crippen LogP contribution is 2.29. The molecule has 122 valence electrons. The number of carboxylic acid groups (broad SMARTS) is 1. The second kappa shape index (κ2) is 6.20. The number of carbonyl (C=O) groups is 2. The largest absolute Gasteiger partial charge is 0.481 e. The Kier molecular flexibility index (Phi) is 4.09. The van der Waals surface area contributed by atoms with Crippen LogP contribution in [0.2, 0.25) is 0 Å². The molecule has 0 atom stereocenters. The Morgan fingerprint density at radius 3 is 2.79 bits per heavy atom. The number of aromatic nitrogens is 2. The average molecular weight is 347 g/mol. The Morgan fingerprint density at radius 1 is 1.29 bits per heavy atom. The Hall–Kier alpha value is -3.07. The fraction of sp³-hybridized carbons (Fsp3) is 0.0667. The number of ether oxygens (including phenoxy) is 1. The highest BCUT2D eigenvalue weighted by molar-refractivity contribution is 7.22. The van der Waals surface area contributed by atoms with E-state index in [2.05, 4.69) is 15.3 Å². The summed E-state index contributed by atoms with van der Waals surface area (Å²) < 4.78 is 19.2. The maximum atomic E-state index is 13.9. The van der Waals surface area contributed by atoms with Gasteiger partial charge in [0.25, 0.3) is 5.91 Å². The van der Waals surface area contributed by atoms with Crippen LogP contribution in [0.4, 0.5) is 9.52 Å². The summed E-state index contributed by atoms with van der Waals surface area (Å²) in [6.07, 6.45) is 1.42. The van der Waals surface area contributed by atoms with E-state index in [4.69, 9.17) is 9.84 Å². The molecule has 9 heteroatoms. The summed E-state index contributed by atoms with van der Waals surface area (Å²) in [6.45, 7) is 0. The van der Waals surface area contributed by atoms with E-state index in [-0.39, 0.29) is 22.1 Å². The van der Waals surface area contributed by atoms with Crippen LogP contribution >= 0.6 is 11.3 Å². The standard InChI is InChI=1S/C15H10FN3O4S/c1-23-11-6-7(2-3-17-11)13(20)19-15-18-12-9(16)4-8(14(21)22)5-10(12)24-15/h2-6H,1H3,(H,21,22)(H,18,19,20). The number of halogens is 1. The minimum Gasteiger partial charge on any atom is -0.481 e. The maximum absolute atomic E-state index is 13.9. The van der Waals surface area contributed by atoms with Crippen molar-refractivity contribution < 1.29 is 23.8 Å². The van der Waals surface area contributed by atoms with Gasteiger partial charge in [-0.15, -0.1) is 0 Å². The van der Waals surface area contributed by atoms with Crippen LogP contribution in [0.1, 0.15) is 20.7 Å². The molecule has 0 radical (unpaired) electrons.